The van der Waals surface area contributed by atoms with E-state index in [-0.39, 0.29) is 0 Å². The number of benzene rings is 11. The van der Waals surface area contributed by atoms with Crippen molar-refractivity contribution in [1.82, 2.24) is 9.13 Å². The van der Waals surface area contributed by atoms with Crippen molar-refractivity contribution in [3.8, 4) is 80.2 Å². The van der Waals surface area contributed by atoms with E-state index in [2.05, 4.69) is 173 Å². The maximum absolute atomic E-state index is 10.7. The topological polar surface area (TPSA) is 118 Å². The van der Waals surface area contributed by atoms with Gasteiger partial charge in [0.05, 0.1) is 61.8 Å². The van der Waals surface area contributed by atoms with Gasteiger partial charge in [-0.15, -0.1) is 0 Å². The first-order valence-electron chi connectivity index (χ1n) is 24.0. The van der Waals surface area contributed by atoms with Crippen LogP contribution in [0.15, 0.2) is 199 Å². The molecule has 332 valence electrons. The quantitative estimate of drug-likeness (QED) is 0.174. The molecule has 15 rings (SSSR count). The molecule has 0 spiro atoms. The lowest BCUT2D eigenvalue weighted by molar-refractivity contribution is 0.669. The summed E-state index contributed by atoms with van der Waals surface area (Å²) >= 11 is 0. The molecular weight excluding hydrogens is 893 g/mol. The lowest BCUT2D eigenvalue weighted by atomic mass is 9.94. The fourth-order valence-electron chi connectivity index (χ4n) is 12.1. The average Bonchev–Trinajstić information content (AvgIpc) is 4.20. The molecule has 7 heteroatoms. The summed E-state index contributed by atoms with van der Waals surface area (Å²) in [5, 5.41) is 52.2. The summed E-state index contributed by atoms with van der Waals surface area (Å²) in [6.45, 7) is 0. The van der Waals surface area contributed by atoms with Crippen LogP contribution in [0.4, 0.5) is 0 Å². The van der Waals surface area contributed by atoms with Crippen molar-refractivity contribution >= 4 is 87.1 Å². The standard InChI is InChI=1S/C66H32N6O/c67-33-37-18-19-42(35-69)60(28-37)72-61-30-40(21-23-47(61)54-32-53-45-10-2-1-9-44(45)50-13-7-15-52(64(50)53)66(54)72)43-12-6-14-51-46(43)25-27-59-65(51)55-29-38(39-20-24-49-48-11-3-4-17-62(48)73-63(49)31-39)22-26-58(55)71(59)57-16-5-8-41(34-68)56(57)36-70/h1-32H. The van der Waals surface area contributed by atoms with Crippen molar-refractivity contribution in [1.29, 1.82) is 21.0 Å². The predicted octanol–water partition coefficient (Wildman–Crippen LogP) is 16.6. The predicted molar refractivity (Wildman–Crippen MR) is 292 cm³/mol. The Morgan fingerprint density at radius 2 is 1.01 bits per heavy atom. The molecule has 73 heavy (non-hydrogen) atoms. The van der Waals surface area contributed by atoms with Crippen molar-refractivity contribution in [2.24, 2.45) is 0 Å². The van der Waals surface area contributed by atoms with Crippen molar-refractivity contribution in [3.05, 3.63) is 216 Å². The normalized spacial score (nSPS) is 11.8. The van der Waals surface area contributed by atoms with Gasteiger partial charge in [-0.2, -0.15) is 21.0 Å². The van der Waals surface area contributed by atoms with Gasteiger partial charge in [0.15, 0.2) is 0 Å². The van der Waals surface area contributed by atoms with Crippen molar-refractivity contribution < 1.29 is 4.42 Å². The van der Waals surface area contributed by atoms with Crippen LogP contribution in [0.25, 0.3) is 143 Å². The van der Waals surface area contributed by atoms with Gasteiger partial charge in [-0.05, 0) is 140 Å². The number of hydrogen-bond donors (Lipinski definition) is 0. The molecule has 3 aromatic heterocycles. The molecule has 1 aliphatic rings. The van der Waals surface area contributed by atoms with Crippen LogP contribution in [0, 0.1) is 45.3 Å². The number of fused-ring (bicyclic) bond motifs is 15. The fraction of sp³-hybridized carbons (Fsp3) is 0. The molecule has 0 atom stereocenters. The Morgan fingerprint density at radius 3 is 1.86 bits per heavy atom. The maximum atomic E-state index is 10.7. The van der Waals surface area contributed by atoms with E-state index in [9.17, 15) is 21.0 Å². The van der Waals surface area contributed by atoms with E-state index >= 15 is 0 Å². The minimum absolute atomic E-state index is 0.312. The third-order valence-electron chi connectivity index (χ3n) is 15.2. The number of hydrogen-bond acceptors (Lipinski definition) is 5. The summed E-state index contributed by atoms with van der Waals surface area (Å²) in [7, 11) is 0. The fourth-order valence-corrected chi connectivity index (χ4v) is 12.1. The molecule has 7 nitrogen and oxygen atoms in total. The Morgan fingerprint density at radius 1 is 0.329 bits per heavy atom. The van der Waals surface area contributed by atoms with Gasteiger partial charge in [-0.1, -0.05) is 115 Å². The second kappa shape index (κ2) is 14.9. The van der Waals surface area contributed by atoms with Gasteiger partial charge in [0.25, 0.3) is 0 Å². The van der Waals surface area contributed by atoms with Gasteiger partial charge in [0.2, 0.25) is 0 Å². The van der Waals surface area contributed by atoms with E-state index in [4.69, 9.17) is 4.42 Å². The second-order valence-corrected chi connectivity index (χ2v) is 18.8. The lowest BCUT2D eigenvalue weighted by Crippen LogP contribution is -1.99. The van der Waals surface area contributed by atoms with E-state index in [1.807, 2.05) is 36.4 Å². The Bertz CT molecular complexity index is 5030. The third kappa shape index (κ3) is 5.48. The summed E-state index contributed by atoms with van der Waals surface area (Å²) in [4.78, 5) is 0. The zero-order valence-corrected chi connectivity index (χ0v) is 38.6. The number of rotatable bonds is 4. The molecule has 1 aliphatic carbocycles. The Kier molecular flexibility index (Phi) is 8.21. The average molecular weight is 925 g/mol. The van der Waals surface area contributed by atoms with Gasteiger partial charge in [-0.25, -0.2) is 0 Å². The first-order chi connectivity index (χ1) is 36.0. The molecule has 0 radical (unpaired) electrons. The van der Waals surface area contributed by atoms with Crippen LogP contribution < -0.4 is 0 Å². The highest BCUT2D eigenvalue weighted by Crippen LogP contribution is 2.52. The Labute approximate surface area is 416 Å². The highest BCUT2D eigenvalue weighted by molar-refractivity contribution is 6.28. The van der Waals surface area contributed by atoms with Crippen LogP contribution in [-0.4, -0.2) is 9.13 Å². The molecule has 11 aromatic carbocycles. The van der Waals surface area contributed by atoms with Gasteiger partial charge in [0.1, 0.15) is 29.4 Å². The second-order valence-electron chi connectivity index (χ2n) is 18.8. The molecule has 3 heterocycles. The summed E-state index contributed by atoms with van der Waals surface area (Å²) < 4.78 is 10.7. The molecule has 0 amide bonds. The number of nitriles is 4. The van der Waals surface area contributed by atoms with Gasteiger partial charge in [0, 0.05) is 37.7 Å². The number of aromatic nitrogens is 2. The summed E-state index contributed by atoms with van der Waals surface area (Å²) in [6, 6.07) is 75.7. The number of para-hydroxylation sites is 1. The third-order valence-corrected chi connectivity index (χ3v) is 15.2. The molecule has 14 aromatic rings. The Balaban J connectivity index is 1.00. The molecule has 0 N–H and O–H groups in total. The van der Waals surface area contributed by atoms with Crippen LogP contribution in [0.2, 0.25) is 0 Å². The monoisotopic (exact) mass is 924 g/mol. The van der Waals surface area contributed by atoms with Gasteiger partial charge in [-0.3, -0.25) is 0 Å². The van der Waals surface area contributed by atoms with E-state index in [1.165, 1.54) is 27.6 Å². The molecule has 0 fully saturated rings. The molecule has 0 aliphatic heterocycles. The van der Waals surface area contributed by atoms with E-state index in [1.54, 1.807) is 18.2 Å². The number of nitrogens with zero attached hydrogens (tertiary/aromatic N) is 6. The molecular formula is C66H32N6O. The molecule has 0 saturated carbocycles. The molecule has 0 unspecified atom stereocenters. The lowest BCUT2D eigenvalue weighted by Gasteiger charge is -2.14. The van der Waals surface area contributed by atoms with Crippen LogP contribution in [0.1, 0.15) is 22.3 Å². The van der Waals surface area contributed by atoms with Crippen LogP contribution in [0.3, 0.4) is 0 Å². The molecule has 0 saturated heterocycles. The first kappa shape index (κ1) is 40.2. The smallest absolute Gasteiger partial charge is 0.136 e. The molecule has 0 bridgehead atoms. The van der Waals surface area contributed by atoms with Crippen molar-refractivity contribution in [3.63, 3.8) is 0 Å². The number of furan rings is 1. The summed E-state index contributed by atoms with van der Waals surface area (Å²) in [5.74, 6) is 0. The highest BCUT2D eigenvalue weighted by atomic mass is 16.3. The summed E-state index contributed by atoms with van der Waals surface area (Å²) in [6.07, 6.45) is 0. The zero-order chi connectivity index (χ0) is 48.6. The largest absolute Gasteiger partial charge is 0.456 e. The van der Waals surface area contributed by atoms with Crippen molar-refractivity contribution in [2.45, 2.75) is 0 Å². The van der Waals surface area contributed by atoms with E-state index in [0.717, 1.165) is 104 Å². The SMILES string of the molecule is N#Cc1ccc(C#N)c(-n2c3cc(-c4cccc5c4ccc4c5c5cc(-c6ccc7c(c6)oc6ccccc67)ccc5n4-c4cccc(C#N)c4C#N)ccc3c3cc4c5c(cccc5c32)-c2ccccc2-4)c1. The first-order valence-corrected chi connectivity index (χ1v) is 24.0. The Hall–Kier alpha value is -10.7. The minimum atomic E-state index is 0.312. The highest BCUT2D eigenvalue weighted by Gasteiger charge is 2.27. The van der Waals surface area contributed by atoms with E-state index in [0.29, 0.717) is 33.6 Å². The van der Waals surface area contributed by atoms with Gasteiger partial charge >= 0.3 is 0 Å². The van der Waals surface area contributed by atoms with Crippen LogP contribution in [-0.2, 0) is 0 Å². The summed E-state index contributed by atoms with van der Waals surface area (Å²) in [5.41, 5.74) is 17.0. The zero-order valence-electron chi connectivity index (χ0n) is 38.6. The van der Waals surface area contributed by atoms with E-state index < -0.39 is 0 Å². The van der Waals surface area contributed by atoms with Gasteiger partial charge < -0.3 is 13.6 Å². The van der Waals surface area contributed by atoms with Crippen molar-refractivity contribution in [2.75, 3.05) is 0 Å². The minimum Gasteiger partial charge on any atom is -0.456 e. The van der Waals surface area contributed by atoms with Crippen LogP contribution in [0.5, 0.6) is 0 Å². The maximum Gasteiger partial charge on any atom is 0.136 e. The van der Waals surface area contributed by atoms with Crippen LogP contribution >= 0.6 is 0 Å².